The molecule has 1 aromatic carbocycles. The summed E-state index contributed by atoms with van der Waals surface area (Å²) in [6.45, 7) is 6.76. The molecule has 7 heteroatoms. The summed E-state index contributed by atoms with van der Waals surface area (Å²) in [6, 6.07) is 6.62. The third-order valence-electron chi connectivity index (χ3n) is 4.21. The molecular formula is C18H24ClN3O3. The lowest BCUT2D eigenvalue weighted by Crippen LogP contribution is -2.49. The smallest absolute Gasteiger partial charge is 0.271 e. The summed E-state index contributed by atoms with van der Waals surface area (Å²) in [5.41, 5.74) is 4.73. The predicted octanol–water partition coefficient (Wildman–Crippen LogP) is 2.39. The van der Waals surface area contributed by atoms with E-state index in [1.807, 2.05) is 20.8 Å². The molecule has 0 saturated carbocycles. The number of hydrogen-bond donors (Lipinski definition) is 2. The molecular weight excluding hydrogens is 342 g/mol. The van der Waals surface area contributed by atoms with E-state index in [2.05, 4.69) is 10.9 Å². The van der Waals surface area contributed by atoms with Gasteiger partial charge in [0.05, 0.1) is 10.6 Å². The lowest BCUT2D eigenvalue weighted by molar-refractivity contribution is -0.142. The molecule has 0 aliphatic carbocycles. The van der Waals surface area contributed by atoms with Gasteiger partial charge in [-0.1, -0.05) is 44.5 Å². The highest BCUT2D eigenvalue weighted by Gasteiger charge is 2.32. The quantitative estimate of drug-likeness (QED) is 0.790. The number of amides is 3. The number of carbonyl (C=O) groups is 3. The number of nitrogens with one attached hydrogen (secondary N) is 2. The second-order valence-corrected chi connectivity index (χ2v) is 7.65. The van der Waals surface area contributed by atoms with Crippen LogP contribution in [0.2, 0.25) is 5.02 Å². The Balaban J connectivity index is 1.82. The molecule has 1 aliphatic rings. The van der Waals surface area contributed by atoms with Crippen molar-refractivity contribution >= 4 is 29.3 Å². The van der Waals surface area contributed by atoms with E-state index in [1.165, 1.54) is 0 Å². The maximum atomic E-state index is 12.3. The number of hydrazine groups is 1. The molecule has 1 fully saturated rings. The molecule has 0 atom stereocenters. The van der Waals surface area contributed by atoms with Crippen LogP contribution < -0.4 is 10.9 Å². The average molecular weight is 366 g/mol. The number of carbonyl (C=O) groups excluding carboxylic acids is 3. The molecule has 3 amide bonds. The minimum Gasteiger partial charge on any atom is -0.342 e. The largest absolute Gasteiger partial charge is 0.342 e. The van der Waals surface area contributed by atoms with Crippen molar-refractivity contribution in [2.24, 2.45) is 11.3 Å². The molecule has 2 N–H and O–H groups in total. The van der Waals surface area contributed by atoms with E-state index in [1.54, 1.807) is 29.2 Å². The zero-order chi connectivity index (χ0) is 18.6. The molecule has 25 heavy (non-hydrogen) atoms. The van der Waals surface area contributed by atoms with Crippen LogP contribution in [0.25, 0.3) is 0 Å². The highest BCUT2D eigenvalue weighted by molar-refractivity contribution is 6.33. The van der Waals surface area contributed by atoms with Gasteiger partial charge in [0.1, 0.15) is 0 Å². The van der Waals surface area contributed by atoms with Crippen molar-refractivity contribution in [1.82, 2.24) is 15.8 Å². The Morgan fingerprint density at radius 3 is 2.24 bits per heavy atom. The fraction of sp³-hybridized carbons (Fsp3) is 0.500. The van der Waals surface area contributed by atoms with Crippen LogP contribution in [0.3, 0.4) is 0 Å². The number of piperidine rings is 1. The summed E-state index contributed by atoms with van der Waals surface area (Å²) >= 11 is 5.95. The average Bonchev–Trinajstić information content (AvgIpc) is 2.58. The second-order valence-electron chi connectivity index (χ2n) is 7.24. The number of nitrogens with zero attached hydrogens (tertiary/aromatic N) is 1. The summed E-state index contributed by atoms with van der Waals surface area (Å²) in [7, 11) is 0. The molecule has 0 bridgehead atoms. The van der Waals surface area contributed by atoms with E-state index in [0.29, 0.717) is 36.5 Å². The molecule has 0 unspecified atom stereocenters. The maximum absolute atomic E-state index is 12.3. The molecule has 1 aromatic rings. The number of likely N-dealkylation sites (tertiary alicyclic amines) is 1. The second kappa shape index (κ2) is 7.87. The number of benzene rings is 1. The molecule has 1 aliphatic heterocycles. The van der Waals surface area contributed by atoms with Crippen molar-refractivity contribution in [3.8, 4) is 0 Å². The van der Waals surface area contributed by atoms with Crippen LogP contribution in [0, 0.1) is 11.3 Å². The van der Waals surface area contributed by atoms with Gasteiger partial charge >= 0.3 is 0 Å². The lowest BCUT2D eigenvalue weighted by Gasteiger charge is -2.35. The summed E-state index contributed by atoms with van der Waals surface area (Å²) < 4.78 is 0. The van der Waals surface area contributed by atoms with Crippen LogP contribution in [-0.4, -0.2) is 35.7 Å². The van der Waals surface area contributed by atoms with Crippen molar-refractivity contribution in [3.05, 3.63) is 34.9 Å². The van der Waals surface area contributed by atoms with Crippen LogP contribution >= 0.6 is 11.6 Å². The van der Waals surface area contributed by atoms with Gasteiger partial charge in [0.15, 0.2) is 0 Å². The Kier molecular flexibility index (Phi) is 6.06. The lowest BCUT2D eigenvalue weighted by atomic mass is 9.91. The SMILES string of the molecule is CC(C)(C)C(=O)N1CCC(C(=O)NNC(=O)c2ccccc2Cl)CC1. The zero-order valence-corrected chi connectivity index (χ0v) is 15.5. The first-order chi connectivity index (χ1) is 11.7. The van der Waals surface area contributed by atoms with E-state index in [9.17, 15) is 14.4 Å². The molecule has 0 aromatic heterocycles. The van der Waals surface area contributed by atoms with Crippen LogP contribution in [0.4, 0.5) is 0 Å². The monoisotopic (exact) mass is 365 g/mol. The molecule has 0 spiro atoms. The first kappa shape index (κ1) is 19.2. The first-order valence-electron chi connectivity index (χ1n) is 8.34. The Labute approximate surface area is 152 Å². The van der Waals surface area contributed by atoms with E-state index >= 15 is 0 Å². The Morgan fingerprint density at radius 2 is 1.68 bits per heavy atom. The van der Waals surface area contributed by atoms with Crippen molar-refractivity contribution in [1.29, 1.82) is 0 Å². The number of halogens is 1. The van der Waals surface area contributed by atoms with Gasteiger partial charge in [0.25, 0.3) is 5.91 Å². The van der Waals surface area contributed by atoms with Crippen molar-refractivity contribution in [3.63, 3.8) is 0 Å². The summed E-state index contributed by atoms with van der Waals surface area (Å²) in [5.74, 6) is -0.837. The Morgan fingerprint density at radius 1 is 1.08 bits per heavy atom. The summed E-state index contributed by atoms with van der Waals surface area (Å²) in [5, 5.41) is 0.322. The van der Waals surface area contributed by atoms with Crippen LogP contribution in [-0.2, 0) is 9.59 Å². The zero-order valence-electron chi connectivity index (χ0n) is 14.8. The van der Waals surface area contributed by atoms with Crippen molar-refractivity contribution in [2.45, 2.75) is 33.6 Å². The minimum absolute atomic E-state index is 0.0957. The van der Waals surface area contributed by atoms with E-state index in [4.69, 9.17) is 11.6 Å². The predicted molar refractivity (Wildman–Crippen MR) is 95.8 cm³/mol. The van der Waals surface area contributed by atoms with Crippen molar-refractivity contribution < 1.29 is 14.4 Å². The standard InChI is InChI=1S/C18H24ClN3O3/c1-18(2,3)17(25)22-10-8-12(9-11-22)15(23)20-21-16(24)13-6-4-5-7-14(13)19/h4-7,12H,8-11H2,1-3H3,(H,20,23)(H,21,24). The highest BCUT2D eigenvalue weighted by Crippen LogP contribution is 2.23. The summed E-state index contributed by atoms with van der Waals surface area (Å²) in [4.78, 5) is 38.3. The fourth-order valence-corrected chi connectivity index (χ4v) is 2.97. The van der Waals surface area contributed by atoms with Crippen LogP contribution in [0.1, 0.15) is 44.0 Å². The van der Waals surface area contributed by atoms with Gasteiger partial charge < -0.3 is 4.90 Å². The Hall–Kier alpha value is -2.08. The molecule has 1 heterocycles. The minimum atomic E-state index is -0.459. The molecule has 1 saturated heterocycles. The maximum Gasteiger partial charge on any atom is 0.271 e. The molecule has 6 nitrogen and oxygen atoms in total. The third-order valence-corrected chi connectivity index (χ3v) is 4.54. The van der Waals surface area contributed by atoms with Crippen LogP contribution in [0.5, 0.6) is 0 Å². The first-order valence-corrected chi connectivity index (χ1v) is 8.72. The number of rotatable bonds is 2. The van der Waals surface area contributed by atoms with Gasteiger partial charge in [0, 0.05) is 24.4 Å². The van der Waals surface area contributed by atoms with Gasteiger partial charge in [0.2, 0.25) is 11.8 Å². The van der Waals surface area contributed by atoms with E-state index < -0.39 is 11.3 Å². The Bertz CT molecular complexity index is 662. The summed E-state index contributed by atoms with van der Waals surface area (Å²) in [6.07, 6.45) is 1.16. The van der Waals surface area contributed by atoms with Gasteiger partial charge in [-0.05, 0) is 25.0 Å². The fourth-order valence-electron chi connectivity index (χ4n) is 2.75. The van der Waals surface area contributed by atoms with Gasteiger partial charge in [-0.25, -0.2) is 0 Å². The molecule has 0 radical (unpaired) electrons. The van der Waals surface area contributed by atoms with Gasteiger partial charge in [-0.15, -0.1) is 0 Å². The topological polar surface area (TPSA) is 78.5 Å². The normalized spacial score (nSPS) is 15.6. The van der Waals surface area contributed by atoms with Gasteiger partial charge in [-0.2, -0.15) is 0 Å². The molecule has 2 rings (SSSR count). The van der Waals surface area contributed by atoms with E-state index in [-0.39, 0.29) is 17.7 Å². The van der Waals surface area contributed by atoms with Crippen LogP contribution in [0.15, 0.2) is 24.3 Å². The van der Waals surface area contributed by atoms with Crippen molar-refractivity contribution in [2.75, 3.05) is 13.1 Å². The number of hydrogen-bond acceptors (Lipinski definition) is 3. The third kappa shape index (κ3) is 4.95. The van der Waals surface area contributed by atoms with E-state index in [0.717, 1.165) is 0 Å². The molecule has 136 valence electrons. The van der Waals surface area contributed by atoms with Gasteiger partial charge in [-0.3, -0.25) is 25.2 Å². The highest BCUT2D eigenvalue weighted by atomic mass is 35.5.